The van der Waals surface area contributed by atoms with E-state index in [1.807, 2.05) is 0 Å². The number of hydrogen-bond donors (Lipinski definition) is 2. The van der Waals surface area contributed by atoms with Crippen LogP contribution in [0.1, 0.15) is 13.3 Å². The molecule has 4 heteroatoms. The molecule has 1 amide bonds. The highest BCUT2D eigenvalue weighted by atomic mass is 16.1. The predicted molar refractivity (Wildman–Crippen MR) is 42.5 cm³/mol. The largest absolute Gasteiger partial charge is 0.352 e. The summed E-state index contributed by atoms with van der Waals surface area (Å²) in [5.74, 6) is -0.130. The molecule has 0 fully saturated rings. The van der Waals surface area contributed by atoms with Gasteiger partial charge in [-0.25, -0.2) is 5.53 Å². The highest BCUT2D eigenvalue weighted by Gasteiger charge is 1.98. The minimum absolute atomic E-state index is 0.130. The molecule has 0 rings (SSSR count). The van der Waals surface area contributed by atoms with E-state index in [0.717, 1.165) is 0 Å². The van der Waals surface area contributed by atoms with Crippen molar-refractivity contribution >= 4 is 5.91 Å². The maximum absolute atomic E-state index is 10.8. The molecule has 11 heavy (non-hydrogen) atoms. The van der Waals surface area contributed by atoms with E-state index in [4.69, 9.17) is 5.53 Å². The SMILES string of the molecule is C=C(C)C(=O)NCCCN=N. The number of amides is 1. The second-order valence-electron chi connectivity index (χ2n) is 2.27. The van der Waals surface area contributed by atoms with Crippen LogP contribution in [0.5, 0.6) is 0 Å². The lowest BCUT2D eigenvalue weighted by Crippen LogP contribution is -2.24. The van der Waals surface area contributed by atoms with Crippen molar-refractivity contribution in [2.75, 3.05) is 13.1 Å². The Hall–Kier alpha value is -1.19. The first-order chi connectivity index (χ1) is 5.18. The molecule has 0 saturated heterocycles. The lowest BCUT2D eigenvalue weighted by molar-refractivity contribution is -0.117. The fraction of sp³-hybridized carbons (Fsp3) is 0.571. The third kappa shape index (κ3) is 5.26. The van der Waals surface area contributed by atoms with Crippen LogP contribution < -0.4 is 5.32 Å². The second-order valence-corrected chi connectivity index (χ2v) is 2.27. The van der Waals surface area contributed by atoms with Gasteiger partial charge in [-0.3, -0.25) is 4.79 Å². The number of carbonyl (C=O) groups is 1. The number of carbonyl (C=O) groups excluding carboxylic acids is 1. The molecule has 2 N–H and O–H groups in total. The van der Waals surface area contributed by atoms with Crippen LogP contribution in [0.4, 0.5) is 0 Å². The molecular formula is C7H13N3O. The summed E-state index contributed by atoms with van der Waals surface area (Å²) in [6.07, 6.45) is 0.711. The van der Waals surface area contributed by atoms with E-state index in [2.05, 4.69) is 17.0 Å². The Balaban J connectivity index is 3.31. The number of rotatable bonds is 5. The van der Waals surface area contributed by atoms with Gasteiger partial charge in [0, 0.05) is 12.1 Å². The van der Waals surface area contributed by atoms with Gasteiger partial charge in [0.15, 0.2) is 0 Å². The lowest BCUT2D eigenvalue weighted by atomic mass is 10.3. The zero-order chi connectivity index (χ0) is 8.69. The van der Waals surface area contributed by atoms with Crippen LogP contribution in [-0.4, -0.2) is 19.0 Å². The van der Waals surface area contributed by atoms with E-state index in [1.165, 1.54) is 0 Å². The summed E-state index contributed by atoms with van der Waals surface area (Å²) >= 11 is 0. The molecule has 0 atom stereocenters. The minimum atomic E-state index is -0.130. The smallest absolute Gasteiger partial charge is 0.246 e. The predicted octanol–water partition coefficient (Wildman–Crippen LogP) is 1.10. The van der Waals surface area contributed by atoms with Gasteiger partial charge in [0.1, 0.15) is 0 Å². The Morgan fingerprint density at radius 2 is 2.36 bits per heavy atom. The van der Waals surface area contributed by atoms with Gasteiger partial charge in [0.2, 0.25) is 5.91 Å². The Kier molecular flexibility index (Phi) is 4.98. The van der Waals surface area contributed by atoms with Crippen molar-refractivity contribution in [2.45, 2.75) is 13.3 Å². The van der Waals surface area contributed by atoms with Crippen LogP contribution in [0, 0.1) is 5.53 Å². The maximum atomic E-state index is 10.8. The van der Waals surface area contributed by atoms with E-state index in [9.17, 15) is 4.79 Å². The first-order valence-corrected chi connectivity index (χ1v) is 3.45. The van der Waals surface area contributed by atoms with Gasteiger partial charge in [0.25, 0.3) is 0 Å². The molecule has 0 aliphatic rings. The van der Waals surface area contributed by atoms with Crippen molar-refractivity contribution in [3.05, 3.63) is 12.2 Å². The van der Waals surface area contributed by atoms with Crippen LogP contribution in [0.15, 0.2) is 17.3 Å². The van der Waals surface area contributed by atoms with Crippen LogP contribution in [0.25, 0.3) is 0 Å². The molecule has 0 bridgehead atoms. The van der Waals surface area contributed by atoms with Gasteiger partial charge in [-0.2, -0.15) is 5.11 Å². The van der Waals surface area contributed by atoms with E-state index in [0.29, 0.717) is 25.1 Å². The fourth-order valence-corrected chi connectivity index (χ4v) is 0.511. The van der Waals surface area contributed by atoms with Gasteiger partial charge in [0.05, 0.1) is 6.54 Å². The van der Waals surface area contributed by atoms with Crippen molar-refractivity contribution in [2.24, 2.45) is 5.11 Å². The first kappa shape index (κ1) is 9.81. The van der Waals surface area contributed by atoms with Gasteiger partial charge >= 0.3 is 0 Å². The third-order valence-corrected chi connectivity index (χ3v) is 1.12. The molecule has 0 saturated carbocycles. The molecule has 62 valence electrons. The minimum Gasteiger partial charge on any atom is -0.352 e. The van der Waals surface area contributed by atoms with Crippen LogP contribution in [0.3, 0.4) is 0 Å². The van der Waals surface area contributed by atoms with Gasteiger partial charge < -0.3 is 5.32 Å². The molecule has 0 heterocycles. The van der Waals surface area contributed by atoms with Crippen LogP contribution in [0.2, 0.25) is 0 Å². The molecule has 0 aromatic heterocycles. The molecule has 0 aromatic rings. The topological polar surface area (TPSA) is 65.3 Å². The molecule has 0 aliphatic carbocycles. The summed E-state index contributed by atoms with van der Waals surface area (Å²) in [7, 11) is 0. The van der Waals surface area contributed by atoms with Gasteiger partial charge in [-0.15, -0.1) is 0 Å². The average molecular weight is 155 g/mol. The molecule has 4 nitrogen and oxygen atoms in total. The van der Waals surface area contributed by atoms with Crippen LogP contribution >= 0.6 is 0 Å². The standard InChI is InChI=1S/C7H13N3O/c1-6(2)7(11)9-4-3-5-10-8/h8H,1,3-5H2,2H3,(H,9,11). The van der Waals surface area contributed by atoms with Crippen molar-refractivity contribution < 1.29 is 4.79 Å². The van der Waals surface area contributed by atoms with Crippen molar-refractivity contribution in [1.82, 2.24) is 5.32 Å². The van der Waals surface area contributed by atoms with Crippen molar-refractivity contribution in [3.8, 4) is 0 Å². The Morgan fingerprint density at radius 3 is 2.82 bits per heavy atom. The zero-order valence-electron chi connectivity index (χ0n) is 6.68. The van der Waals surface area contributed by atoms with Crippen molar-refractivity contribution in [1.29, 1.82) is 5.53 Å². The second kappa shape index (κ2) is 5.58. The maximum Gasteiger partial charge on any atom is 0.246 e. The molecule has 0 unspecified atom stereocenters. The highest BCUT2D eigenvalue weighted by molar-refractivity contribution is 5.91. The van der Waals surface area contributed by atoms with Crippen LogP contribution in [-0.2, 0) is 4.79 Å². The van der Waals surface area contributed by atoms with Crippen molar-refractivity contribution in [3.63, 3.8) is 0 Å². The fourth-order valence-electron chi connectivity index (χ4n) is 0.511. The summed E-state index contributed by atoms with van der Waals surface area (Å²) in [4.78, 5) is 10.8. The van der Waals surface area contributed by atoms with Gasteiger partial charge in [-0.05, 0) is 13.3 Å². The zero-order valence-corrected chi connectivity index (χ0v) is 6.68. The lowest BCUT2D eigenvalue weighted by Gasteiger charge is -2.01. The molecule has 0 aromatic carbocycles. The average Bonchev–Trinajstić information content (AvgIpc) is 1.97. The van der Waals surface area contributed by atoms with E-state index in [1.54, 1.807) is 6.92 Å². The monoisotopic (exact) mass is 155 g/mol. The quantitative estimate of drug-likeness (QED) is 0.348. The van der Waals surface area contributed by atoms with E-state index < -0.39 is 0 Å². The normalized spacial score (nSPS) is 8.82. The number of nitrogens with one attached hydrogen (secondary N) is 2. The Labute approximate surface area is 66.2 Å². The number of hydrogen-bond acceptors (Lipinski definition) is 3. The van der Waals surface area contributed by atoms with E-state index >= 15 is 0 Å². The first-order valence-electron chi connectivity index (χ1n) is 3.45. The molecule has 0 aliphatic heterocycles. The van der Waals surface area contributed by atoms with Gasteiger partial charge in [-0.1, -0.05) is 6.58 Å². The summed E-state index contributed by atoms with van der Waals surface area (Å²) in [6.45, 7) is 6.17. The number of nitrogens with zero attached hydrogens (tertiary/aromatic N) is 1. The molecular weight excluding hydrogens is 142 g/mol. The molecule has 0 radical (unpaired) electrons. The summed E-state index contributed by atoms with van der Waals surface area (Å²) in [6, 6.07) is 0. The Bertz CT molecular complexity index is 165. The highest BCUT2D eigenvalue weighted by Crippen LogP contribution is 1.85. The summed E-state index contributed by atoms with van der Waals surface area (Å²) in [5, 5.41) is 5.79. The summed E-state index contributed by atoms with van der Waals surface area (Å²) < 4.78 is 0. The molecule has 0 spiro atoms. The summed E-state index contributed by atoms with van der Waals surface area (Å²) in [5.41, 5.74) is 6.97. The Morgan fingerprint density at radius 1 is 1.73 bits per heavy atom. The van der Waals surface area contributed by atoms with E-state index in [-0.39, 0.29) is 5.91 Å². The third-order valence-electron chi connectivity index (χ3n) is 1.12.